The average Bonchev–Trinajstić information content (AvgIpc) is 2.79. The van der Waals surface area contributed by atoms with Crippen molar-refractivity contribution in [1.82, 2.24) is 20.4 Å². The van der Waals surface area contributed by atoms with Crippen molar-refractivity contribution in [3.63, 3.8) is 0 Å². The third-order valence-corrected chi connectivity index (χ3v) is 5.33. The van der Waals surface area contributed by atoms with E-state index in [1.165, 1.54) is 5.56 Å². The van der Waals surface area contributed by atoms with E-state index in [2.05, 4.69) is 63.8 Å². The number of carbonyl (C=O) groups is 1. The lowest BCUT2D eigenvalue weighted by molar-refractivity contribution is 0.0963. The maximum atomic E-state index is 11.8. The van der Waals surface area contributed by atoms with E-state index in [9.17, 15) is 4.79 Å². The minimum atomic E-state index is -0.0536. The van der Waals surface area contributed by atoms with E-state index in [1.54, 1.807) is 7.05 Å². The number of guanidine groups is 1. The minimum absolute atomic E-state index is 0. The number of benzene rings is 2. The van der Waals surface area contributed by atoms with Crippen LogP contribution in [0.25, 0.3) is 0 Å². The Morgan fingerprint density at radius 1 is 1.00 bits per heavy atom. The maximum Gasteiger partial charge on any atom is 0.251 e. The molecule has 1 fully saturated rings. The van der Waals surface area contributed by atoms with Crippen molar-refractivity contribution in [3.8, 4) is 0 Å². The predicted molar refractivity (Wildman–Crippen MR) is 138 cm³/mol. The van der Waals surface area contributed by atoms with Gasteiger partial charge in [-0.25, -0.2) is 0 Å². The molecule has 6 nitrogen and oxygen atoms in total. The van der Waals surface area contributed by atoms with Crippen molar-refractivity contribution in [3.05, 3.63) is 71.3 Å². The van der Waals surface area contributed by atoms with E-state index in [0.29, 0.717) is 12.1 Å². The minimum Gasteiger partial charge on any atom is -0.357 e. The molecular weight excluding hydrogens is 501 g/mol. The molecule has 0 spiro atoms. The third-order valence-electron chi connectivity index (χ3n) is 5.33. The molecular formula is C24H34IN5O. The molecule has 1 aliphatic heterocycles. The fourth-order valence-electron chi connectivity index (χ4n) is 3.69. The van der Waals surface area contributed by atoms with Crippen molar-refractivity contribution in [2.75, 3.05) is 46.3 Å². The van der Waals surface area contributed by atoms with Gasteiger partial charge in [0.25, 0.3) is 5.91 Å². The van der Waals surface area contributed by atoms with Crippen LogP contribution in [0.2, 0.25) is 0 Å². The van der Waals surface area contributed by atoms with Gasteiger partial charge in [-0.2, -0.15) is 0 Å². The standard InChI is InChI=1S/C24H33N5O.HI/c1-3-26-24(27-13-12-20-10-7-11-22(18-20)23(30)25-2)29-16-14-28(15-17-29)19-21-8-5-4-6-9-21;/h4-11,18H,3,12-17,19H2,1-2H3,(H,25,30)(H,26,27);1H. The van der Waals surface area contributed by atoms with Gasteiger partial charge in [0.2, 0.25) is 0 Å². The molecule has 2 aromatic rings. The maximum absolute atomic E-state index is 11.8. The van der Waals surface area contributed by atoms with E-state index >= 15 is 0 Å². The van der Waals surface area contributed by atoms with Crippen LogP contribution in [0.1, 0.15) is 28.4 Å². The van der Waals surface area contributed by atoms with E-state index in [4.69, 9.17) is 4.99 Å². The van der Waals surface area contributed by atoms with E-state index < -0.39 is 0 Å². The van der Waals surface area contributed by atoms with E-state index in [0.717, 1.165) is 57.2 Å². The number of hydrogen-bond acceptors (Lipinski definition) is 3. The molecule has 0 aliphatic carbocycles. The first-order valence-corrected chi connectivity index (χ1v) is 10.8. The highest BCUT2D eigenvalue weighted by molar-refractivity contribution is 14.0. The largest absolute Gasteiger partial charge is 0.357 e. The van der Waals surface area contributed by atoms with Crippen LogP contribution in [-0.4, -0.2) is 68.0 Å². The zero-order valence-electron chi connectivity index (χ0n) is 18.5. The van der Waals surface area contributed by atoms with Gasteiger partial charge in [-0.3, -0.25) is 14.7 Å². The van der Waals surface area contributed by atoms with Crippen LogP contribution in [-0.2, 0) is 13.0 Å². The first kappa shape index (κ1) is 25.1. The number of carbonyl (C=O) groups excluding carboxylic acids is 1. The summed E-state index contributed by atoms with van der Waals surface area (Å²) in [6, 6.07) is 18.4. The number of nitrogens with one attached hydrogen (secondary N) is 2. The molecule has 7 heteroatoms. The third kappa shape index (κ3) is 7.81. The lowest BCUT2D eigenvalue weighted by Crippen LogP contribution is -2.52. The summed E-state index contributed by atoms with van der Waals surface area (Å²) in [5, 5.41) is 6.11. The van der Waals surface area contributed by atoms with Crippen molar-refractivity contribution >= 4 is 35.8 Å². The highest BCUT2D eigenvalue weighted by Gasteiger charge is 2.19. The Hall–Kier alpha value is -2.13. The Bertz CT molecular complexity index is 835. The van der Waals surface area contributed by atoms with Crippen molar-refractivity contribution < 1.29 is 4.79 Å². The molecule has 0 unspecified atom stereocenters. The Balaban J connectivity index is 0.00000341. The molecule has 3 rings (SSSR count). The first-order valence-electron chi connectivity index (χ1n) is 10.8. The second-order valence-electron chi connectivity index (χ2n) is 7.51. The summed E-state index contributed by atoms with van der Waals surface area (Å²) in [5.74, 6) is 0.932. The smallest absolute Gasteiger partial charge is 0.251 e. The number of piperazine rings is 1. The molecule has 1 heterocycles. The number of hydrogen-bond donors (Lipinski definition) is 2. The van der Waals surface area contributed by atoms with Gasteiger partial charge in [0, 0.05) is 58.4 Å². The van der Waals surface area contributed by atoms with Gasteiger partial charge >= 0.3 is 0 Å². The summed E-state index contributed by atoms with van der Waals surface area (Å²) in [6.45, 7) is 8.69. The predicted octanol–water partition coefficient (Wildman–Crippen LogP) is 2.99. The van der Waals surface area contributed by atoms with Crippen LogP contribution in [0.3, 0.4) is 0 Å². The molecule has 168 valence electrons. The lowest BCUT2D eigenvalue weighted by Gasteiger charge is -2.36. The quantitative estimate of drug-likeness (QED) is 0.325. The molecule has 0 radical (unpaired) electrons. The van der Waals surface area contributed by atoms with Crippen LogP contribution < -0.4 is 10.6 Å². The Kier molecular flexibility index (Phi) is 10.8. The summed E-state index contributed by atoms with van der Waals surface area (Å²) in [6.07, 6.45) is 0.813. The molecule has 0 atom stereocenters. The Morgan fingerprint density at radius 2 is 1.71 bits per heavy atom. The second-order valence-corrected chi connectivity index (χ2v) is 7.51. The molecule has 2 N–H and O–H groups in total. The summed E-state index contributed by atoms with van der Waals surface area (Å²) >= 11 is 0. The molecule has 1 saturated heterocycles. The van der Waals surface area contributed by atoms with Gasteiger partial charge in [0.1, 0.15) is 0 Å². The Labute approximate surface area is 203 Å². The fraction of sp³-hybridized carbons (Fsp3) is 0.417. The van der Waals surface area contributed by atoms with E-state index in [1.807, 2.05) is 18.2 Å². The summed E-state index contributed by atoms with van der Waals surface area (Å²) in [5.41, 5.74) is 3.19. The molecule has 1 aliphatic rings. The molecule has 0 aromatic heterocycles. The van der Waals surface area contributed by atoms with Crippen molar-refractivity contribution in [1.29, 1.82) is 0 Å². The van der Waals surface area contributed by atoms with Crippen molar-refractivity contribution in [2.24, 2.45) is 4.99 Å². The second kappa shape index (κ2) is 13.3. The molecule has 0 bridgehead atoms. The summed E-state index contributed by atoms with van der Waals surface area (Å²) < 4.78 is 0. The van der Waals surface area contributed by atoms with Gasteiger partial charge in [-0.1, -0.05) is 42.5 Å². The fourth-order valence-corrected chi connectivity index (χ4v) is 3.69. The van der Waals surface area contributed by atoms with Gasteiger partial charge in [0.15, 0.2) is 5.96 Å². The molecule has 0 saturated carbocycles. The van der Waals surface area contributed by atoms with E-state index in [-0.39, 0.29) is 29.9 Å². The van der Waals surface area contributed by atoms with Crippen LogP contribution in [0.4, 0.5) is 0 Å². The normalized spacial score (nSPS) is 14.6. The lowest BCUT2D eigenvalue weighted by atomic mass is 10.1. The number of halogens is 1. The monoisotopic (exact) mass is 535 g/mol. The van der Waals surface area contributed by atoms with Crippen molar-refractivity contribution in [2.45, 2.75) is 19.9 Å². The molecule has 2 aromatic carbocycles. The zero-order chi connectivity index (χ0) is 21.2. The molecule has 31 heavy (non-hydrogen) atoms. The number of rotatable bonds is 7. The van der Waals surface area contributed by atoms with Crippen LogP contribution in [0.5, 0.6) is 0 Å². The summed E-state index contributed by atoms with van der Waals surface area (Å²) in [7, 11) is 1.65. The summed E-state index contributed by atoms with van der Waals surface area (Å²) in [4.78, 5) is 21.5. The number of nitrogens with zero attached hydrogens (tertiary/aromatic N) is 3. The Morgan fingerprint density at radius 3 is 2.39 bits per heavy atom. The van der Waals surface area contributed by atoms with Crippen LogP contribution >= 0.6 is 24.0 Å². The van der Waals surface area contributed by atoms with Gasteiger partial charge in [-0.15, -0.1) is 24.0 Å². The highest BCUT2D eigenvalue weighted by Crippen LogP contribution is 2.10. The van der Waals surface area contributed by atoms with Gasteiger partial charge < -0.3 is 15.5 Å². The number of amides is 1. The zero-order valence-corrected chi connectivity index (χ0v) is 20.8. The van der Waals surface area contributed by atoms with Crippen LogP contribution in [0.15, 0.2) is 59.6 Å². The van der Waals surface area contributed by atoms with Gasteiger partial charge in [0.05, 0.1) is 0 Å². The number of aliphatic imine (C=N–C) groups is 1. The van der Waals surface area contributed by atoms with Gasteiger partial charge in [-0.05, 0) is 36.6 Å². The molecule has 1 amide bonds. The average molecular weight is 535 g/mol. The first-order chi connectivity index (χ1) is 14.7. The SMILES string of the molecule is CCNC(=NCCc1cccc(C(=O)NC)c1)N1CCN(Cc2ccccc2)CC1.I. The van der Waals surface area contributed by atoms with Crippen LogP contribution in [0, 0.1) is 0 Å². The topological polar surface area (TPSA) is 60.0 Å². The highest BCUT2D eigenvalue weighted by atomic mass is 127.